The van der Waals surface area contributed by atoms with Crippen LogP contribution in [0.25, 0.3) is 0 Å². The summed E-state index contributed by atoms with van der Waals surface area (Å²) in [4.78, 5) is 24.2. The number of benzene rings is 1. The first kappa shape index (κ1) is 19.1. The molecule has 0 spiro atoms. The van der Waals surface area contributed by atoms with Crippen LogP contribution in [0.4, 0.5) is 0 Å². The van der Waals surface area contributed by atoms with Gasteiger partial charge in [-0.15, -0.1) is 0 Å². The standard InChI is InChI=1S/C18H19ClO6S/c1-10-8-13(18(21)25-12-5-3-4-11(20)9-12)16(19)15-14(24-2)6-7-26(22,23)17(10)15/h8-9,14H,3-7H2,1-2H3. The summed E-state index contributed by atoms with van der Waals surface area (Å²) in [6.45, 7) is 1.62. The molecule has 0 saturated heterocycles. The number of allylic oxidation sites excluding steroid dienone is 2. The SMILES string of the molecule is COC1CCS(=O)(=O)c2c(C)cc(C(=O)OC3=CC(=O)CCC3)c(Cl)c21. The quantitative estimate of drug-likeness (QED) is 0.726. The molecule has 1 aromatic carbocycles. The molecule has 0 fully saturated rings. The molecule has 0 bridgehead atoms. The topological polar surface area (TPSA) is 86.7 Å². The van der Waals surface area contributed by atoms with Gasteiger partial charge in [0.2, 0.25) is 0 Å². The van der Waals surface area contributed by atoms with Gasteiger partial charge in [0.15, 0.2) is 15.6 Å². The molecule has 6 nitrogen and oxygen atoms in total. The summed E-state index contributed by atoms with van der Waals surface area (Å²) in [5.41, 5.74) is 0.800. The van der Waals surface area contributed by atoms with E-state index in [9.17, 15) is 18.0 Å². The number of carbonyl (C=O) groups is 2. The third-order valence-corrected chi connectivity index (χ3v) is 6.96. The van der Waals surface area contributed by atoms with E-state index in [-0.39, 0.29) is 33.4 Å². The van der Waals surface area contributed by atoms with Gasteiger partial charge >= 0.3 is 5.97 Å². The first-order valence-corrected chi connectivity index (χ1v) is 10.3. The second-order valence-corrected chi connectivity index (χ2v) is 8.87. The number of ketones is 1. The average molecular weight is 399 g/mol. The zero-order chi connectivity index (χ0) is 19.1. The minimum absolute atomic E-state index is 0.0217. The Morgan fingerprint density at radius 3 is 2.69 bits per heavy atom. The van der Waals surface area contributed by atoms with Gasteiger partial charge in [0.25, 0.3) is 0 Å². The number of ether oxygens (including phenoxy) is 2. The summed E-state index contributed by atoms with van der Waals surface area (Å²) in [6.07, 6.45) is 2.63. The lowest BCUT2D eigenvalue weighted by Gasteiger charge is -2.27. The minimum Gasteiger partial charge on any atom is -0.427 e. The van der Waals surface area contributed by atoms with E-state index in [1.165, 1.54) is 19.3 Å². The maximum atomic E-state index is 12.6. The predicted octanol–water partition coefficient (Wildman–Crippen LogP) is 3.31. The van der Waals surface area contributed by atoms with E-state index >= 15 is 0 Å². The Balaban J connectivity index is 2.06. The fraction of sp³-hybridized carbons (Fsp3) is 0.444. The highest BCUT2D eigenvalue weighted by Gasteiger charge is 2.36. The molecule has 1 unspecified atom stereocenters. The highest BCUT2D eigenvalue weighted by atomic mass is 35.5. The van der Waals surface area contributed by atoms with Crippen LogP contribution in [0.2, 0.25) is 5.02 Å². The third-order valence-electron chi connectivity index (χ3n) is 4.61. The molecular formula is C18H19ClO6S. The van der Waals surface area contributed by atoms with Crippen molar-refractivity contribution >= 4 is 33.2 Å². The van der Waals surface area contributed by atoms with Crippen molar-refractivity contribution < 1.29 is 27.5 Å². The number of hydrogen-bond acceptors (Lipinski definition) is 6. The van der Waals surface area contributed by atoms with Crippen LogP contribution in [0, 0.1) is 6.92 Å². The van der Waals surface area contributed by atoms with Gasteiger partial charge in [-0.2, -0.15) is 0 Å². The van der Waals surface area contributed by atoms with Crippen molar-refractivity contribution in [2.75, 3.05) is 12.9 Å². The van der Waals surface area contributed by atoms with Crippen molar-refractivity contribution in [2.45, 2.75) is 43.6 Å². The molecule has 0 N–H and O–H groups in total. The maximum absolute atomic E-state index is 12.6. The number of halogens is 1. The molecule has 1 aromatic rings. The molecule has 26 heavy (non-hydrogen) atoms. The molecule has 2 aliphatic rings. The monoisotopic (exact) mass is 398 g/mol. The van der Waals surface area contributed by atoms with Crippen molar-refractivity contribution in [1.29, 1.82) is 0 Å². The van der Waals surface area contributed by atoms with Crippen LogP contribution in [-0.2, 0) is 24.1 Å². The minimum atomic E-state index is -3.49. The van der Waals surface area contributed by atoms with E-state index in [0.717, 1.165) is 0 Å². The van der Waals surface area contributed by atoms with Gasteiger partial charge < -0.3 is 9.47 Å². The van der Waals surface area contributed by atoms with Crippen molar-refractivity contribution in [1.82, 2.24) is 0 Å². The van der Waals surface area contributed by atoms with E-state index in [4.69, 9.17) is 21.1 Å². The zero-order valence-corrected chi connectivity index (χ0v) is 16.1. The van der Waals surface area contributed by atoms with Crippen molar-refractivity contribution in [3.8, 4) is 0 Å². The summed E-state index contributed by atoms with van der Waals surface area (Å²) in [5.74, 6) is -0.528. The van der Waals surface area contributed by atoms with E-state index in [1.54, 1.807) is 6.92 Å². The van der Waals surface area contributed by atoms with Crippen molar-refractivity contribution in [2.24, 2.45) is 0 Å². The highest BCUT2D eigenvalue weighted by molar-refractivity contribution is 7.91. The van der Waals surface area contributed by atoms with Crippen molar-refractivity contribution in [3.63, 3.8) is 0 Å². The summed E-state index contributed by atoms with van der Waals surface area (Å²) >= 11 is 6.41. The number of rotatable bonds is 3. The van der Waals surface area contributed by atoms with E-state index < -0.39 is 21.9 Å². The zero-order valence-electron chi connectivity index (χ0n) is 14.5. The Morgan fingerprint density at radius 2 is 2.04 bits per heavy atom. The molecule has 3 rings (SSSR count). The Labute approximate surface area is 157 Å². The molecule has 1 aliphatic carbocycles. The molecule has 1 atom stereocenters. The van der Waals surface area contributed by atoms with E-state index in [1.807, 2.05) is 0 Å². The molecule has 0 saturated carbocycles. The molecule has 8 heteroatoms. The van der Waals surface area contributed by atoms with Crippen LogP contribution >= 0.6 is 11.6 Å². The van der Waals surface area contributed by atoms with Crippen LogP contribution < -0.4 is 0 Å². The lowest BCUT2D eigenvalue weighted by molar-refractivity contribution is -0.115. The Kier molecular flexibility index (Phi) is 5.23. The Bertz CT molecular complexity index is 916. The Hall–Kier alpha value is -1.70. The van der Waals surface area contributed by atoms with Gasteiger partial charge in [0.1, 0.15) is 5.76 Å². The van der Waals surface area contributed by atoms with Gasteiger partial charge in [-0.3, -0.25) is 4.79 Å². The molecule has 140 valence electrons. The normalized spacial score (nSPS) is 21.7. The van der Waals surface area contributed by atoms with Crippen LogP contribution in [0.5, 0.6) is 0 Å². The maximum Gasteiger partial charge on any atom is 0.344 e. The summed E-state index contributed by atoms with van der Waals surface area (Å²) in [5, 5.41) is 0.0217. The van der Waals surface area contributed by atoms with Gasteiger partial charge in [0.05, 0.1) is 27.3 Å². The Morgan fingerprint density at radius 1 is 1.31 bits per heavy atom. The second kappa shape index (κ2) is 7.13. The predicted molar refractivity (Wildman–Crippen MR) is 95.0 cm³/mol. The lowest BCUT2D eigenvalue weighted by atomic mass is 9.99. The van der Waals surface area contributed by atoms with Gasteiger partial charge in [0, 0.05) is 31.6 Å². The largest absolute Gasteiger partial charge is 0.427 e. The highest BCUT2D eigenvalue weighted by Crippen LogP contribution is 2.42. The van der Waals surface area contributed by atoms with Crippen LogP contribution in [0.3, 0.4) is 0 Å². The van der Waals surface area contributed by atoms with E-state index in [2.05, 4.69) is 0 Å². The number of hydrogen-bond donors (Lipinski definition) is 0. The van der Waals surface area contributed by atoms with Gasteiger partial charge in [-0.25, -0.2) is 13.2 Å². The molecule has 1 aliphatic heterocycles. The third kappa shape index (κ3) is 3.43. The lowest BCUT2D eigenvalue weighted by Crippen LogP contribution is -2.24. The average Bonchev–Trinajstić information content (AvgIpc) is 2.57. The number of sulfone groups is 1. The van der Waals surface area contributed by atoms with Crippen molar-refractivity contribution in [3.05, 3.63) is 39.6 Å². The summed E-state index contributed by atoms with van der Waals surface area (Å²) in [7, 11) is -2.01. The number of esters is 1. The molecule has 0 amide bonds. The van der Waals surface area contributed by atoms with E-state index in [0.29, 0.717) is 36.1 Å². The fourth-order valence-corrected chi connectivity index (χ4v) is 5.66. The van der Waals surface area contributed by atoms with Crippen LogP contribution in [-0.4, -0.2) is 33.0 Å². The van der Waals surface area contributed by atoms with Gasteiger partial charge in [-0.05, 0) is 31.4 Å². The molecule has 1 heterocycles. The van der Waals surface area contributed by atoms with Crippen LogP contribution in [0.15, 0.2) is 22.8 Å². The first-order chi connectivity index (χ1) is 12.2. The molecule has 0 radical (unpaired) electrons. The number of methoxy groups -OCH3 is 1. The first-order valence-electron chi connectivity index (χ1n) is 8.28. The van der Waals surface area contributed by atoms with Crippen LogP contribution in [0.1, 0.15) is 53.3 Å². The number of fused-ring (bicyclic) bond motifs is 1. The molecular weight excluding hydrogens is 380 g/mol. The second-order valence-electron chi connectivity index (χ2n) is 6.45. The summed E-state index contributed by atoms with van der Waals surface area (Å²) < 4.78 is 35.6. The number of aryl methyl sites for hydroxylation is 1. The molecule has 0 aromatic heterocycles. The fourth-order valence-electron chi connectivity index (χ4n) is 3.41. The smallest absolute Gasteiger partial charge is 0.344 e. The summed E-state index contributed by atoms with van der Waals surface area (Å²) in [6, 6.07) is 1.42. The van der Waals surface area contributed by atoms with Gasteiger partial charge in [-0.1, -0.05) is 11.6 Å². The number of carbonyl (C=O) groups excluding carboxylic acids is 2.